The third-order valence-electron chi connectivity index (χ3n) is 5.56. The van der Waals surface area contributed by atoms with Gasteiger partial charge in [-0.15, -0.1) is 0 Å². The first-order valence-corrected chi connectivity index (χ1v) is 9.30. The van der Waals surface area contributed by atoms with E-state index < -0.39 is 0 Å². The van der Waals surface area contributed by atoms with Crippen molar-refractivity contribution in [3.8, 4) is 11.4 Å². The van der Waals surface area contributed by atoms with Crippen LogP contribution in [0.2, 0.25) is 0 Å². The molecule has 2 N–H and O–H groups in total. The van der Waals surface area contributed by atoms with Crippen LogP contribution >= 0.6 is 0 Å². The van der Waals surface area contributed by atoms with Crippen LogP contribution in [0.15, 0.2) is 30.3 Å². The van der Waals surface area contributed by atoms with Crippen molar-refractivity contribution in [1.29, 1.82) is 0 Å². The predicted octanol–water partition coefficient (Wildman–Crippen LogP) is 3.30. The van der Waals surface area contributed by atoms with Crippen LogP contribution in [0.5, 0.6) is 5.75 Å². The summed E-state index contributed by atoms with van der Waals surface area (Å²) in [5.41, 5.74) is 9.88. The Balaban J connectivity index is 1.82. The fourth-order valence-electron chi connectivity index (χ4n) is 3.91. The van der Waals surface area contributed by atoms with Crippen LogP contribution in [0.25, 0.3) is 5.69 Å². The number of aromatic nitrogens is 1. The molecule has 1 atom stereocenters. The lowest BCUT2D eigenvalue weighted by molar-refractivity contribution is 0.0680. The number of rotatable bonds is 4. The number of piperidine rings is 1. The molecule has 5 nitrogen and oxygen atoms in total. The van der Waals surface area contributed by atoms with Gasteiger partial charge < -0.3 is 19.9 Å². The normalized spacial score (nSPS) is 16.6. The lowest BCUT2D eigenvalue weighted by atomic mass is 9.90. The van der Waals surface area contributed by atoms with E-state index in [1.807, 2.05) is 49.1 Å². The van der Waals surface area contributed by atoms with Gasteiger partial charge in [0.1, 0.15) is 5.75 Å². The van der Waals surface area contributed by atoms with E-state index in [0.717, 1.165) is 54.3 Å². The van der Waals surface area contributed by atoms with Crippen molar-refractivity contribution >= 4 is 5.91 Å². The van der Waals surface area contributed by atoms with Gasteiger partial charge in [-0.2, -0.15) is 0 Å². The minimum absolute atomic E-state index is 0.126. The topological polar surface area (TPSA) is 60.5 Å². The number of hydrogen-bond acceptors (Lipinski definition) is 3. The Hall–Kier alpha value is -2.27. The van der Waals surface area contributed by atoms with E-state index in [2.05, 4.69) is 11.5 Å². The molecule has 1 aliphatic heterocycles. The van der Waals surface area contributed by atoms with Gasteiger partial charge in [-0.1, -0.05) is 0 Å². The summed E-state index contributed by atoms with van der Waals surface area (Å²) in [7, 11) is 1.66. The largest absolute Gasteiger partial charge is 0.497 e. The van der Waals surface area contributed by atoms with Gasteiger partial charge in [0.2, 0.25) is 0 Å². The summed E-state index contributed by atoms with van der Waals surface area (Å²) in [4.78, 5) is 15.0. The second-order valence-corrected chi connectivity index (χ2v) is 7.31. The van der Waals surface area contributed by atoms with Crippen LogP contribution < -0.4 is 10.5 Å². The van der Waals surface area contributed by atoms with Crippen LogP contribution in [0.3, 0.4) is 0 Å². The molecule has 1 amide bonds. The van der Waals surface area contributed by atoms with Crippen LogP contribution in [0.4, 0.5) is 0 Å². The number of likely N-dealkylation sites (tertiary alicyclic amines) is 1. The molecule has 1 aromatic carbocycles. The molecular weight excluding hydrogens is 326 g/mol. The van der Waals surface area contributed by atoms with Crippen LogP contribution in [-0.4, -0.2) is 41.6 Å². The van der Waals surface area contributed by atoms with E-state index in [0.29, 0.717) is 5.92 Å². The summed E-state index contributed by atoms with van der Waals surface area (Å²) < 4.78 is 7.36. The first kappa shape index (κ1) is 18.5. The van der Waals surface area contributed by atoms with Crippen molar-refractivity contribution in [1.82, 2.24) is 9.47 Å². The van der Waals surface area contributed by atoms with Crippen LogP contribution in [0.1, 0.15) is 41.5 Å². The highest BCUT2D eigenvalue weighted by Crippen LogP contribution is 2.26. The zero-order chi connectivity index (χ0) is 18.8. The van der Waals surface area contributed by atoms with Gasteiger partial charge in [0.25, 0.3) is 5.91 Å². The van der Waals surface area contributed by atoms with Crippen molar-refractivity contribution in [2.75, 3.05) is 20.2 Å². The smallest absolute Gasteiger partial charge is 0.255 e. The van der Waals surface area contributed by atoms with Crippen molar-refractivity contribution < 1.29 is 9.53 Å². The number of methoxy groups -OCH3 is 1. The number of hydrogen-bond donors (Lipinski definition) is 1. The molecular formula is C21H29N3O2. The van der Waals surface area contributed by atoms with Crippen LogP contribution in [-0.2, 0) is 0 Å². The quantitative estimate of drug-likeness (QED) is 0.915. The molecule has 1 aromatic heterocycles. The molecule has 0 radical (unpaired) electrons. The molecule has 26 heavy (non-hydrogen) atoms. The summed E-state index contributed by atoms with van der Waals surface area (Å²) in [6, 6.07) is 10.1. The third-order valence-corrected chi connectivity index (χ3v) is 5.56. The molecule has 1 unspecified atom stereocenters. The average molecular weight is 355 g/mol. The molecule has 1 fully saturated rings. The highest BCUT2D eigenvalue weighted by Gasteiger charge is 2.27. The van der Waals surface area contributed by atoms with E-state index in [1.165, 1.54) is 0 Å². The van der Waals surface area contributed by atoms with Gasteiger partial charge in [0.15, 0.2) is 0 Å². The molecule has 2 aromatic rings. The van der Waals surface area contributed by atoms with E-state index in [4.69, 9.17) is 10.5 Å². The molecule has 0 bridgehead atoms. The molecule has 5 heteroatoms. The molecule has 0 spiro atoms. The van der Waals surface area contributed by atoms with Gasteiger partial charge in [-0.05, 0) is 69.9 Å². The molecule has 1 aliphatic rings. The Morgan fingerprint density at radius 2 is 1.81 bits per heavy atom. The van der Waals surface area contributed by atoms with Crippen molar-refractivity contribution in [2.24, 2.45) is 11.7 Å². The van der Waals surface area contributed by atoms with Gasteiger partial charge in [-0.3, -0.25) is 4.79 Å². The number of amides is 1. The number of ether oxygens (including phenoxy) is 1. The number of nitrogens with zero attached hydrogens (tertiary/aromatic N) is 2. The third kappa shape index (κ3) is 3.49. The Labute approximate surface area is 155 Å². The number of aryl methyl sites for hydroxylation is 1. The van der Waals surface area contributed by atoms with E-state index in [9.17, 15) is 4.79 Å². The van der Waals surface area contributed by atoms with E-state index >= 15 is 0 Å². The molecule has 2 heterocycles. The molecule has 140 valence electrons. The number of benzene rings is 1. The zero-order valence-corrected chi connectivity index (χ0v) is 16.2. The summed E-state index contributed by atoms with van der Waals surface area (Å²) in [6.07, 6.45) is 1.97. The summed E-state index contributed by atoms with van der Waals surface area (Å²) in [6.45, 7) is 7.69. The highest BCUT2D eigenvalue weighted by molar-refractivity contribution is 5.96. The molecule has 0 aliphatic carbocycles. The predicted molar refractivity (Wildman–Crippen MR) is 104 cm³/mol. The summed E-state index contributed by atoms with van der Waals surface area (Å²) in [5.74, 6) is 1.47. The zero-order valence-electron chi connectivity index (χ0n) is 16.2. The molecule has 1 saturated heterocycles. The average Bonchev–Trinajstić information content (AvgIpc) is 2.95. The van der Waals surface area contributed by atoms with E-state index in [-0.39, 0.29) is 11.9 Å². The number of carbonyl (C=O) groups is 1. The van der Waals surface area contributed by atoms with E-state index in [1.54, 1.807) is 7.11 Å². The van der Waals surface area contributed by atoms with Gasteiger partial charge in [0, 0.05) is 36.2 Å². The first-order chi connectivity index (χ1) is 12.4. The summed E-state index contributed by atoms with van der Waals surface area (Å²) in [5, 5.41) is 0. The Morgan fingerprint density at radius 1 is 1.19 bits per heavy atom. The fraction of sp³-hybridized carbons (Fsp3) is 0.476. The molecule has 3 rings (SSSR count). The van der Waals surface area contributed by atoms with Gasteiger partial charge in [0.05, 0.1) is 12.7 Å². The number of nitrogens with two attached hydrogens (primary N) is 1. The van der Waals surface area contributed by atoms with Gasteiger partial charge in [-0.25, -0.2) is 0 Å². The van der Waals surface area contributed by atoms with Crippen molar-refractivity contribution in [3.05, 3.63) is 47.3 Å². The maximum absolute atomic E-state index is 13.1. The summed E-state index contributed by atoms with van der Waals surface area (Å²) >= 11 is 0. The lowest BCUT2D eigenvalue weighted by Gasteiger charge is -2.33. The Bertz CT molecular complexity index is 769. The monoisotopic (exact) mass is 355 g/mol. The number of carbonyl (C=O) groups excluding carboxylic acids is 1. The van der Waals surface area contributed by atoms with Crippen molar-refractivity contribution in [2.45, 2.75) is 39.7 Å². The maximum Gasteiger partial charge on any atom is 0.255 e. The second-order valence-electron chi connectivity index (χ2n) is 7.31. The minimum Gasteiger partial charge on any atom is -0.497 e. The Morgan fingerprint density at radius 3 is 2.35 bits per heavy atom. The van der Waals surface area contributed by atoms with Crippen molar-refractivity contribution in [3.63, 3.8) is 0 Å². The standard InChI is InChI=1S/C21H29N3O2/c1-14-13-20(21(25)23-11-9-17(10-12-23)15(2)22)16(3)24(14)18-5-7-19(26-4)8-6-18/h5-8,13,15,17H,9-12,22H2,1-4H3. The lowest BCUT2D eigenvalue weighted by Crippen LogP contribution is -2.42. The minimum atomic E-state index is 0.126. The SMILES string of the molecule is COc1ccc(-n2c(C)cc(C(=O)N3CCC(C(C)N)CC3)c2C)cc1. The maximum atomic E-state index is 13.1. The second kappa shape index (κ2) is 7.54. The first-order valence-electron chi connectivity index (χ1n) is 9.30. The Kier molecular flexibility index (Phi) is 5.37. The fourth-order valence-corrected chi connectivity index (χ4v) is 3.91. The van der Waals surface area contributed by atoms with Crippen LogP contribution in [0, 0.1) is 19.8 Å². The molecule has 0 saturated carbocycles. The van der Waals surface area contributed by atoms with Gasteiger partial charge >= 0.3 is 0 Å². The highest BCUT2D eigenvalue weighted by atomic mass is 16.5.